The van der Waals surface area contributed by atoms with Crippen molar-refractivity contribution < 1.29 is 9.50 Å². The van der Waals surface area contributed by atoms with Gasteiger partial charge < -0.3 is 5.11 Å². The molecule has 0 spiro atoms. The van der Waals surface area contributed by atoms with Crippen molar-refractivity contribution in [3.05, 3.63) is 35.6 Å². The number of benzene rings is 1. The number of aliphatic hydroxyl groups is 1. The van der Waals surface area contributed by atoms with Gasteiger partial charge in [0, 0.05) is 18.2 Å². The van der Waals surface area contributed by atoms with Crippen LogP contribution in [-0.4, -0.2) is 29.1 Å². The smallest absolute Gasteiger partial charge is 0.129 e. The van der Waals surface area contributed by atoms with Crippen LogP contribution in [-0.2, 0) is 0 Å². The minimum atomic E-state index is -0.725. The summed E-state index contributed by atoms with van der Waals surface area (Å²) in [6.07, 6.45) is 2.88. The highest BCUT2D eigenvalue weighted by molar-refractivity contribution is 5.20. The number of halogens is 1. The molecule has 0 radical (unpaired) electrons. The van der Waals surface area contributed by atoms with Crippen LogP contribution >= 0.6 is 0 Å². The standard InChI is InChI=1S/C14H20FNO/c1-11-6-4-5-9-16(11)10-14(17)12-7-2-3-8-13(12)15/h2-3,7-8,11,14,17H,4-6,9-10H2,1H3. The average molecular weight is 237 g/mol. The van der Waals surface area contributed by atoms with E-state index in [0.717, 1.165) is 6.54 Å². The molecule has 1 aromatic carbocycles. The fourth-order valence-corrected chi connectivity index (χ4v) is 2.49. The Morgan fingerprint density at radius 2 is 2.18 bits per heavy atom. The SMILES string of the molecule is CC1CCCCN1CC(O)c1ccccc1F. The molecule has 94 valence electrons. The van der Waals surface area contributed by atoms with Crippen molar-refractivity contribution in [2.24, 2.45) is 0 Å². The van der Waals surface area contributed by atoms with Crippen LogP contribution in [0.2, 0.25) is 0 Å². The van der Waals surface area contributed by atoms with E-state index in [-0.39, 0.29) is 5.82 Å². The average Bonchev–Trinajstić information content (AvgIpc) is 2.32. The van der Waals surface area contributed by atoms with Gasteiger partial charge in [-0.3, -0.25) is 4.90 Å². The lowest BCUT2D eigenvalue weighted by Gasteiger charge is -2.34. The molecule has 2 atom stereocenters. The third-order valence-electron chi connectivity index (χ3n) is 3.61. The van der Waals surface area contributed by atoms with E-state index in [0.29, 0.717) is 18.2 Å². The molecular weight excluding hydrogens is 217 g/mol. The van der Waals surface area contributed by atoms with Gasteiger partial charge in [-0.15, -0.1) is 0 Å². The number of hydrogen-bond donors (Lipinski definition) is 1. The maximum atomic E-state index is 13.5. The summed E-state index contributed by atoms with van der Waals surface area (Å²) in [5.74, 6) is -0.315. The van der Waals surface area contributed by atoms with Gasteiger partial charge in [0.1, 0.15) is 5.82 Å². The number of nitrogens with zero attached hydrogens (tertiary/aromatic N) is 1. The summed E-state index contributed by atoms with van der Waals surface area (Å²) in [5.41, 5.74) is 0.408. The normalized spacial score (nSPS) is 23.6. The molecule has 0 bridgehead atoms. The van der Waals surface area contributed by atoms with Crippen LogP contribution in [0.4, 0.5) is 4.39 Å². The summed E-state index contributed by atoms with van der Waals surface area (Å²) in [4.78, 5) is 2.25. The predicted octanol–water partition coefficient (Wildman–Crippen LogP) is 2.73. The topological polar surface area (TPSA) is 23.5 Å². The second kappa shape index (κ2) is 5.61. The molecule has 2 rings (SSSR count). The molecule has 0 amide bonds. The molecule has 0 saturated carbocycles. The van der Waals surface area contributed by atoms with Crippen molar-refractivity contribution in [3.8, 4) is 0 Å². The minimum absolute atomic E-state index is 0.315. The molecule has 2 nitrogen and oxygen atoms in total. The molecule has 1 heterocycles. The van der Waals surface area contributed by atoms with Crippen molar-refractivity contribution in [2.45, 2.75) is 38.3 Å². The number of β-amino-alcohol motifs (C(OH)–C–C–N with tert-alkyl or cyclic N) is 1. The van der Waals surface area contributed by atoms with Crippen molar-refractivity contribution in [3.63, 3.8) is 0 Å². The monoisotopic (exact) mass is 237 g/mol. The van der Waals surface area contributed by atoms with Gasteiger partial charge in [-0.2, -0.15) is 0 Å². The number of rotatable bonds is 3. The van der Waals surface area contributed by atoms with Crippen LogP contribution in [0.1, 0.15) is 37.9 Å². The second-order valence-corrected chi connectivity index (χ2v) is 4.88. The van der Waals surface area contributed by atoms with E-state index < -0.39 is 6.10 Å². The number of aliphatic hydroxyl groups excluding tert-OH is 1. The Kier molecular flexibility index (Phi) is 4.13. The Bertz CT molecular complexity index is 369. The lowest BCUT2D eigenvalue weighted by Crippen LogP contribution is -2.40. The first-order valence-corrected chi connectivity index (χ1v) is 6.35. The molecule has 1 saturated heterocycles. The van der Waals surface area contributed by atoms with Crippen LogP contribution in [0.3, 0.4) is 0 Å². The number of hydrogen-bond acceptors (Lipinski definition) is 2. The van der Waals surface area contributed by atoms with Crippen molar-refractivity contribution in [1.82, 2.24) is 4.90 Å². The van der Waals surface area contributed by atoms with Crippen LogP contribution in [0, 0.1) is 5.82 Å². The van der Waals surface area contributed by atoms with E-state index in [4.69, 9.17) is 0 Å². The van der Waals surface area contributed by atoms with Crippen LogP contribution in [0.5, 0.6) is 0 Å². The molecule has 0 aliphatic carbocycles. The Hall–Kier alpha value is -0.930. The highest BCUT2D eigenvalue weighted by Crippen LogP contribution is 2.22. The van der Waals surface area contributed by atoms with Crippen molar-refractivity contribution in [2.75, 3.05) is 13.1 Å². The van der Waals surface area contributed by atoms with Gasteiger partial charge in [0.25, 0.3) is 0 Å². The van der Waals surface area contributed by atoms with E-state index in [1.807, 2.05) is 0 Å². The molecular formula is C14H20FNO. The van der Waals surface area contributed by atoms with E-state index in [1.165, 1.54) is 25.3 Å². The number of piperidine rings is 1. The molecule has 1 aromatic rings. The Labute approximate surface area is 102 Å². The highest BCUT2D eigenvalue weighted by Gasteiger charge is 2.22. The van der Waals surface area contributed by atoms with Gasteiger partial charge in [-0.05, 0) is 32.4 Å². The first-order valence-electron chi connectivity index (χ1n) is 6.35. The maximum Gasteiger partial charge on any atom is 0.129 e. The Morgan fingerprint density at radius 1 is 1.41 bits per heavy atom. The van der Waals surface area contributed by atoms with E-state index in [9.17, 15) is 9.50 Å². The fraction of sp³-hybridized carbons (Fsp3) is 0.571. The van der Waals surface area contributed by atoms with Crippen LogP contribution < -0.4 is 0 Å². The zero-order chi connectivity index (χ0) is 12.3. The van der Waals surface area contributed by atoms with E-state index in [2.05, 4.69) is 11.8 Å². The third kappa shape index (κ3) is 3.05. The predicted molar refractivity (Wildman–Crippen MR) is 66.2 cm³/mol. The van der Waals surface area contributed by atoms with Crippen LogP contribution in [0.15, 0.2) is 24.3 Å². The fourth-order valence-electron chi connectivity index (χ4n) is 2.49. The van der Waals surface area contributed by atoms with Crippen LogP contribution in [0.25, 0.3) is 0 Å². The molecule has 2 unspecified atom stereocenters. The maximum absolute atomic E-state index is 13.5. The summed E-state index contributed by atoms with van der Waals surface area (Å²) in [5, 5.41) is 10.1. The third-order valence-corrected chi connectivity index (χ3v) is 3.61. The lowest BCUT2D eigenvalue weighted by molar-refractivity contribution is 0.0713. The molecule has 17 heavy (non-hydrogen) atoms. The van der Waals surface area contributed by atoms with Gasteiger partial charge in [0.05, 0.1) is 6.10 Å². The van der Waals surface area contributed by atoms with Gasteiger partial charge >= 0.3 is 0 Å². The number of likely N-dealkylation sites (tertiary alicyclic amines) is 1. The summed E-state index contributed by atoms with van der Waals surface area (Å²) in [6.45, 7) is 3.71. The lowest BCUT2D eigenvalue weighted by atomic mass is 10.0. The zero-order valence-corrected chi connectivity index (χ0v) is 10.3. The van der Waals surface area contributed by atoms with Crippen molar-refractivity contribution in [1.29, 1.82) is 0 Å². The minimum Gasteiger partial charge on any atom is -0.387 e. The molecule has 3 heteroatoms. The summed E-state index contributed by atoms with van der Waals surface area (Å²) in [6, 6.07) is 6.97. The summed E-state index contributed by atoms with van der Waals surface area (Å²) in [7, 11) is 0. The first kappa shape index (κ1) is 12.5. The second-order valence-electron chi connectivity index (χ2n) is 4.88. The quantitative estimate of drug-likeness (QED) is 0.873. The molecule has 1 aliphatic heterocycles. The Morgan fingerprint density at radius 3 is 2.88 bits per heavy atom. The van der Waals surface area contributed by atoms with E-state index in [1.54, 1.807) is 18.2 Å². The molecule has 1 N–H and O–H groups in total. The van der Waals surface area contributed by atoms with Gasteiger partial charge in [0.2, 0.25) is 0 Å². The van der Waals surface area contributed by atoms with Crippen molar-refractivity contribution >= 4 is 0 Å². The Balaban J connectivity index is 2.01. The molecule has 1 aliphatic rings. The zero-order valence-electron chi connectivity index (χ0n) is 10.3. The largest absolute Gasteiger partial charge is 0.387 e. The van der Waals surface area contributed by atoms with E-state index >= 15 is 0 Å². The summed E-state index contributed by atoms with van der Waals surface area (Å²) >= 11 is 0. The van der Waals surface area contributed by atoms with Gasteiger partial charge in [-0.1, -0.05) is 24.6 Å². The first-order chi connectivity index (χ1) is 8.18. The molecule has 0 aromatic heterocycles. The van der Waals surface area contributed by atoms with Gasteiger partial charge in [0.15, 0.2) is 0 Å². The highest BCUT2D eigenvalue weighted by atomic mass is 19.1. The van der Waals surface area contributed by atoms with Gasteiger partial charge in [-0.25, -0.2) is 4.39 Å². The molecule has 1 fully saturated rings. The summed E-state index contributed by atoms with van der Waals surface area (Å²) < 4.78 is 13.5.